The Morgan fingerprint density at radius 1 is 1.60 bits per heavy atom. The van der Waals surface area contributed by atoms with Crippen LogP contribution < -0.4 is 11.2 Å². The van der Waals surface area contributed by atoms with Gasteiger partial charge in [0.05, 0.1) is 11.8 Å². The summed E-state index contributed by atoms with van der Waals surface area (Å²) in [4.78, 5) is 10.1. The molecule has 2 amide bonds. The van der Waals surface area contributed by atoms with Crippen LogP contribution in [0.5, 0.6) is 0 Å². The molecular formula is C7H6F3N3O2. The first-order valence-electron chi connectivity index (χ1n) is 3.64. The Hall–Kier alpha value is -1.99. The number of hydrogen-bond donors (Lipinski definition) is 2. The van der Waals surface area contributed by atoms with Crippen molar-refractivity contribution in [2.75, 3.05) is 0 Å². The van der Waals surface area contributed by atoms with Crippen LogP contribution in [-0.4, -0.2) is 12.2 Å². The van der Waals surface area contributed by atoms with Crippen molar-refractivity contribution in [1.82, 2.24) is 5.43 Å². The van der Waals surface area contributed by atoms with Gasteiger partial charge in [-0.3, -0.25) is 0 Å². The molecule has 0 aliphatic carbocycles. The second-order valence-electron chi connectivity index (χ2n) is 2.47. The molecule has 1 aromatic rings. The van der Waals surface area contributed by atoms with Gasteiger partial charge >= 0.3 is 12.2 Å². The van der Waals surface area contributed by atoms with E-state index in [1.54, 1.807) is 0 Å². The summed E-state index contributed by atoms with van der Waals surface area (Å²) in [5.74, 6) is -0.143. The number of rotatable bonds is 2. The van der Waals surface area contributed by atoms with Crippen LogP contribution in [0.3, 0.4) is 0 Å². The zero-order chi connectivity index (χ0) is 11.5. The largest absolute Gasteiger partial charge is 0.463 e. The molecule has 0 spiro atoms. The van der Waals surface area contributed by atoms with Crippen molar-refractivity contribution >= 4 is 12.2 Å². The lowest BCUT2D eigenvalue weighted by atomic mass is 10.3. The SMILES string of the molecule is NC(=O)N/N=C/c1cc(C(F)(F)F)co1. The van der Waals surface area contributed by atoms with Gasteiger partial charge in [0, 0.05) is 0 Å². The van der Waals surface area contributed by atoms with E-state index < -0.39 is 17.8 Å². The van der Waals surface area contributed by atoms with E-state index in [0.717, 1.165) is 12.3 Å². The van der Waals surface area contributed by atoms with Crippen LogP contribution in [0.15, 0.2) is 21.8 Å². The number of nitrogens with zero attached hydrogens (tertiary/aromatic N) is 1. The van der Waals surface area contributed by atoms with Crippen molar-refractivity contribution in [1.29, 1.82) is 0 Å². The third-order valence-electron chi connectivity index (χ3n) is 1.31. The predicted octanol–water partition coefficient (Wildman–Crippen LogP) is 1.30. The van der Waals surface area contributed by atoms with Gasteiger partial charge in [-0.25, -0.2) is 10.2 Å². The van der Waals surface area contributed by atoms with Crippen molar-refractivity contribution in [2.24, 2.45) is 10.8 Å². The number of halogens is 3. The van der Waals surface area contributed by atoms with Gasteiger partial charge in [0.2, 0.25) is 0 Å². The zero-order valence-corrected chi connectivity index (χ0v) is 7.21. The minimum atomic E-state index is -4.47. The van der Waals surface area contributed by atoms with Gasteiger partial charge in [-0.2, -0.15) is 18.3 Å². The van der Waals surface area contributed by atoms with Gasteiger partial charge in [0.15, 0.2) is 0 Å². The molecule has 82 valence electrons. The van der Waals surface area contributed by atoms with Crippen LogP contribution in [-0.2, 0) is 6.18 Å². The minimum absolute atomic E-state index is 0.143. The number of hydrogen-bond acceptors (Lipinski definition) is 3. The number of primary amides is 1. The third kappa shape index (κ3) is 3.33. The quantitative estimate of drug-likeness (QED) is 0.583. The fourth-order valence-corrected chi connectivity index (χ4v) is 0.729. The number of nitrogens with one attached hydrogen (secondary N) is 1. The average Bonchev–Trinajstić information content (AvgIpc) is 2.51. The number of alkyl halides is 3. The van der Waals surface area contributed by atoms with Gasteiger partial charge in [0.25, 0.3) is 0 Å². The molecule has 0 saturated heterocycles. The number of hydrazone groups is 1. The maximum absolute atomic E-state index is 12.1. The summed E-state index contributed by atoms with van der Waals surface area (Å²) in [6.45, 7) is 0. The van der Waals surface area contributed by atoms with Gasteiger partial charge < -0.3 is 10.2 Å². The zero-order valence-electron chi connectivity index (χ0n) is 7.21. The van der Waals surface area contributed by atoms with E-state index in [9.17, 15) is 18.0 Å². The second kappa shape index (κ2) is 4.03. The first-order chi connectivity index (χ1) is 6.89. The molecule has 0 aliphatic rings. The van der Waals surface area contributed by atoms with E-state index >= 15 is 0 Å². The van der Waals surface area contributed by atoms with Crippen molar-refractivity contribution < 1.29 is 22.4 Å². The van der Waals surface area contributed by atoms with E-state index in [-0.39, 0.29) is 5.76 Å². The normalized spacial score (nSPS) is 11.9. The van der Waals surface area contributed by atoms with Crippen molar-refractivity contribution in [2.45, 2.75) is 6.18 Å². The summed E-state index contributed by atoms with van der Waals surface area (Å²) in [6.07, 6.45) is -3.02. The number of urea groups is 1. The Labute approximate surface area is 81.7 Å². The summed E-state index contributed by atoms with van der Waals surface area (Å²) >= 11 is 0. The molecule has 0 radical (unpaired) electrons. The molecule has 1 aromatic heterocycles. The standard InChI is InChI=1S/C7H6F3N3O2/c8-7(9,10)4-1-5(15-3-4)2-12-13-6(11)14/h1-3H,(H3,11,13,14)/b12-2+. The minimum Gasteiger partial charge on any atom is -0.463 e. The maximum atomic E-state index is 12.1. The molecular weight excluding hydrogens is 215 g/mol. The number of carbonyl (C=O) groups excluding carboxylic acids is 1. The van der Waals surface area contributed by atoms with Crippen LogP contribution in [0.2, 0.25) is 0 Å². The van der Waals surface area contributed by atoms with Crippen LogP contribution in [0, 0.1) is 0 Å². The highest BCUT2D eigenvalue weighted by molar-refractivity contribution is 5.78. The Morgan fingerprint density at radius 3 is 2.73 bits per heavy atom. The second-order valence-corrected chi connectivity index (χ2v) is 2.47. The van der Waals surface area contributed by atoms with E-state index in [0.29, 0.717) is 6.26 Å². The van der Waals surface area contributed by atoms with Crippen molar-refractivity contribution in [3.63, 3.8) is 0 Å². The number of furan rings is 1. The first-order valence-corrected chi connectivity index (χ1v) is 3.64. The smallest absolute Gasteiger partial charge is 0.419 e. The summed E-state index contributed by atoms with van der Waals surface area (Å²) in [5, 5.41) is 3.23. The number of carbonyl (C=O) groups is 1. The summed E-state index contributed by atoms with van der Waals surface area (Å²) in [7, 11) is 0. The molecule has 3 N–H and O–H groups in total. The van der Waals surface area contributed by atoms with Crippen molar-refractivity contribution in [3.8, 4) is 0 Å². The monoisotopic (exact) mass is 221 g/mol. The molecule has 0 atom stereocenters. The fourth-order valence-electron chi connectivity index (χ4n) is 0.729. The Bertz CT molecular complexity index is 383. The van der Waals surface area contributed by atoms with Gasteiger partial charge in [-0.05, 0) is 6.07 Å². The van der Waals surface area contributed by atoms with E-state index in [2.05, 4.69) is 15.3 Å². The van der Waals surface area contributed by atoms with Gasteiger partial charge in [0.1, 0.15) is 12.0 Å². The van der Waals surface area contributed by atoms with Crippen LogP contribution >= 0.6 is 0 Å². The highest BCUT2D eigenvalue weighted by atomic mass is 19.4. The Balaban J connectivity index is 2.69. The predicted molar refractivity (Wildman–Crippen MR) is 44.0 cm³/mol. The summed E-state index contributed by atoms with van der Waals surface area (Å²) in [6, 6.07) is -0.180. The fraction of sp³-hybridized carbons (Fsp3) is 0.143. The molecule has 1 heterocycles. The van der Waals surface area contributed by atoms with E-state index in [4.69, 9.17) is 0 Å². The Morgan fingerprint density at radius 2 is 2.27 bits per heavy atom. The average molecular weight is 221 g/mol. The van der Waals surface area contributed by atoms with Crippen LogP contribution in [0.4, 0.5) is 18.0 Å². The van der Waals surface area contributed by atoms with Crippen LogP contribution in [0.25, 0.3) is 0 Å². The highest BCUT2D eigenvalue weighted by Gasteiger charge is 2.32. The van der Waals surface area contributed by atoms with E-state index in [1.807, 2.05) is 5.43 Å². The molecule has 0 unspecified atom stereocenters. The first kappa shape index (κ1) is 11.1. The summed E-state index contributed by atoms with van der Waals surface area (Å²) < 4.78 is 40.7. The van der Waals surface area contributed by atoms with Crippen LogP contribution in [0.1, 0.15) is 11.3 Å². The molecule has 0 saturated carbocycles. The molecule has 0 aromatic carbocycles. The van der Waals surface area contributed by atoms with E-state index in [1.165, 1.54) is 0 Å². The topological polar surface area (TPSA) is 80.6 Å². The third-order valence-corrected chi connectivity index (χ3v) is 1.31. The molecule has 0 fully saturated rings. The molecule has 0 aliphatic heterocycles. The lowest BCUT2D eigenvalue weighted by molar-refractivity contribution is -0.137. The number of nitrogens with two attached hydrogens (primary N) is 1. The van der Waals surface area contributed by atoms with Gasteiger partial charge in [-0.15, -0.1) is 0 Å². The van der Waals surface area contributed by atoms with Gasteiger partial charge in [-0.1, -0.05) is 0 Å². The van der Waals surface area contributed by atoms with Crippen molar-refractivity contribution in [3.05, 3.63) is 23.7 Å². The Kier molecular flexibility index (Phi) is 2.98. The summed E-state index contributed by atoms with van der Waals surface area (Å²) in [5.41, 5.74) is 5.54. The lowest BCUT2D eigenvalue weighted by Gasteiger charge is -1.99. The number of amides is 2. The maximum Gasteiger partial charge on any atom is 0.419 e. The lowest BCUT2D eigenvalue weighted by Crippen LogP contribution is -2.24. The molecule has 0 bridgehead atoms. The molecule has 5 nitrogen and oxygen atoms in total. The molecule has 8 heteroatoms. The molecule has 1 rings (SSSR count). The molecule has 15 heavy (non-hydrogen) atoms. The highest BCUT2D eigenvalue weighted by Crippen LogP contribution is 2.30.